The lowest BCUT2D eigenvalue weighted by Gasteiger charge is -2.36. The summed E-state index contributed by atoms with van der Waals surface area (Å²) in [5.74, 6) is -0.923. The predicted octanol–water partition coefficient (Wildman–Crippen LogP) is 5.09. The van der Waals surface area contributed by atoms with Crippen molar-refractivity contribution in [2.24, 2.45) is 5.92 Å². The lowest BCUT2D eigenvalue weighted by Crippen LogP contribution is -2.48. The largest absolute Gasteiger partial charge is 0.497 e. The van der Waals surface area contributed by atoms with E-state index < -0.39 is 65.5 Å². The zero-order chi connectivity index (χ0) is 35.6. The summed E-state index contributed by atoms with van der Waals surface area (Å²) in [6.45, 7) is 5.28. The standard InChI is InChI=1S/C33H46F3N3O8S/c1-22-19-39(23(2)21-40)32(42)28-18-25(37-48(43,44)27-12-10-26(45-5)11-13-27)9-14-29(28)47-24(3)8-6-7-17-46-30(22)20-38(4)31(41)15-16-33(34,35)36/h9-14,18,22-24,30,37,40H,6-8,15-17,19-21H2,1-5H3/t22-,23+,24-,30+/m1/s1. The molecule has 0 aliphatic carbocycles. The Balaban J connectivity index is 1.95. The molecule has 0 saturated carbocycles. The normalized spacial score (nSPS) is 20.6. The van der Waals surface area contributed by atoms with Crippen LogP contribution < -0.4 is 14.2 Å². The van der Waals surface area contributed by atoms with Gasteiger partial charge in [0, 0.05) is 44.8 Å². The third kappa shape index (κ3) is 11.3. The molecule has 0 fully saturated rings. The molecule has 2 N–H and O–H groups in total. The van der Waals surface area contributed by atoms with E-state index in [0.717, 1.165) is 0 Å². The molecular formula is C33H46F3N3O8S. The first-order valence-corrected chi connectivity index (χ1v) is 17.3. The van der Waals surface area contributed by atoms with Gasteiger partial charge in [0.2, 0.25) is 5.91 Å². The molecule has 0 radical (unpaired) electrons. The topological polar surface area (TPSA) is 135 Å². The summed E-state index contributed by atoms with van der Waals surface area (Å²) >= 11 is 0. The number of hydrogen-bond donors (Lipinski definition) is 2. The number of benzene rings is 2. The monoisotopic (exact) mass is 701 g/mol. The molecule has 15 heteroatoms. The summed E-state index contributed by atoms with van der Waals surface area (Å²) in [6, 6.07) is 9.54. The maximum Gasteiger partial charge on any atom is 0.389 e. The van der Waals surface area contributed by atoms with Crippen molar-refractivity contribution in [3.63, 3.8) is 0 Å². The highest BCUT2D eigenvalue weighted by molar-refractivity contribution is 7.92. The maximum absolute atomic E-state index is 14.3. The SMILES string of the molecule is COc1ccc(S(=O)(=O)Nc2ccc3c(c2)C(=O)N([C@@H](C)CO)C[C@@H](C)[C@H](CN(C)C(=O)CCC(F)(F)F)OCCCC[C@@H](C)O3)cc1. The lowest BCUT2D eigenvalue weighted by atomic mass is 10.0. The number of amides is 2. The average Bonchev–Trinajstić information content (AvgIpc) is 3.04. The van der Waals surface area contributed by atoms with Crippen LogP contribution in [0.3, 0.4) is 0 Å². The van der Waals surface area contributed by atoms with Crippen LogP contribution in [-0.2, 0) is 19.6 Å². The Morgan fingerprint density at radius 1 is 1.17 bits per heavy atom. The van der Waals surface area contributed by atoms with Gasteiger partial charge in [0.1, 0.15) is 11.5 Å². The predicted molar refractivity (Wildman–Crippen MR) is 174 cm³/mol. The zero-order valence-corrected chi connectivity index (χ0v) is 28.8. The highest BCUT2D eigenvalue weighted by Gasteiger charge is 2.32. The van der Waals surface area contributed by atoms with Gasteiger partial charge in [-0.2, -0.15) is 13.2 Å². The highest BCUT2D eigenvalue weighted by atomic mass is 32.2. The number of sulfonamides is 1. The fourth-order valence-electron chi connectivity index (χ4n) is 5.23. The van der Waals surface area contributed by atoms with Gasteiger partial charge in [-0.3, -0.25) is 14.3 Å². The molecule has 0 bridgehead atoms. The second-order valence-corrected chi connectivity index (χ2v) is 13.9. The van der Waals surface area contributed by atoms with Gasteiger partial charge in [-0.25, -0.2) is 8.42 Å². The first kappa shape index (κ1) is 38.9. The number of nitrogens with one attached hydrogen (secondary N) is 1. The summed E-state index contributed by atoms with van der Waals surface area (Å²) in [5, 5.41) is 10.1. The van der Waals surface area contributed by atoms with E-state index in [1.165, 1.54) is 66.4 Å². The first-order chi connectivity index (χ1) is 22.5. The molecule has 2 amide bonds. The van der Waals surface area contributed by atoms with Gasteiger partial charge in [-0.15, -0.1) is 0 Å². The van der Waals surface area contributed by atoms with Gasteiger partial charge in [-0.1, -0.05) is 6.92 Å². The van der Waals surface area contributed by atoms with E-state index in [4.69, 9.17) is 14.2 Å². The number of fused-ring (bicyclic) bond motifs is 1. The molecular weight excluding hydrogens is 655 g/mol. The van der Waals surface area contributed by atoms with Crippen LogP contribution in [0.1, 0.15) is 63.2 Å². The molecule has 268 valence electrons. The van der Waals surface area contributed by atoms with Crippen molar-refractivity contribution in [2.75, 3.05) is 45.2 Å². The summed E-state index contributed by atoms with van der Waals surface area (Å²) in [4.78, 5) is 29.4. The molecule has 48 heavy (non-hydrogen) atoms. The Kier molecular flexibility index (Phi) is 13.9. The molecule has 0 aromatic heterocycles. The van der Waals surface area contributed by atoms with Crippen molar-refractivity contribution >= 4 is 27.5 Å². The number of carbonyl (C=O) groups is 2. The van der Waals surface area contributed by atoms with Gasteiger partial charge < -0.3 is 29.1 Å². The van der Waals surface area contributed by atoms with E-state index in [-0.39, 0.29) is 41.1 Å². The Morgan fingerprint density at radius 3 is 2.48 bits per heavy atom. The smallest absolute Gasteiger partial charge is 0.389 e. The number of halogens is 3. The number of aliphatic hydroxyl groups is 1. The van der Waals surface area contributed by atoms with Crippen molar-refractivity contribution in [1.82, 2.24) is 9.80 Å². The molecule has 1 heterocycles. The second-order valence-electron chi connectivity index (χ2n) is 12.2. The second kappa shape index (κ2) is 17.2. The van der Waals surface area contributed by atoms with E-state index in [0.29, 0.717) is 31.6 Å². The van der Waals surface area contributed by atoms with Gasteiger partial charge in [-0.05, 0) is 75.6 Å². The Hall–Kier alpha value is -3.56. The summed E-state index contributed by atoms with van der Waals surface area (Å²) in [5.41, 5.74) is 0.179. The quantitative estimate of drug-likeness (QED) is 0.350. The van der Waals surface area contributed by atoms with E-state index >= 15 is 0 Å². The van der Waals surface area contributed by atoms with Crippen LogP contribution >= 0.6 is 0 Å². The third-order valence-electron chi connectivity index (χ3n) is 8.18. The number of likely N-dealkylation sites (N-methyl/N-ethyl adjacent to an activating group) is 1. The Morgan fingerprint density at radius 2 is 1.85 bits per heavy atom. The Labute approximate surface area is 280 Å². The van der Waals surface area contributed by atoms with E-state index in [2.05, 4.69) is 4.72 Å². The molecule has 2 aromatic rings. The Bertz CT molecular complexity index is 1470. The average molecular weight is 702 g/mol. The van der Waals surface area contributed by atoms with Gasteiger partial charge in [0.25, 0.3) is 15.9 Å². The van der Waals surface area contributed by atoms with E-state index in [9.17, 15) is 36.3 Å². The minimum absolute atomic E-state index is 0.000776. The fraction of sp³-hybridized carbons (Fsp3) is 0.576. The molecule has 3 rings (SSSR count). The number of carbonyl (C=O) groups excluding carboxylic acids is 2. The van der Waals surface area contributed by atoms with Gasteiger partial charge in [0.05, 0.1) is 48.8 Å². The molecule has 0 unspecified atom stereocenters. The van der Waals surface area contributed by atoms with Crippen LogP contribution in [0.5, 0.6) is 11.5 Å². The lowest BCUT2D eigenvalue weighted by molar-refractivity contribution is -0.149. The van der Waals surface area contributed by atoms with Crippen molar-refractivity contribution in [3.8, 4) is 11.5 Å². The molecule has 1 aliphatic heterocycles. The number of anilines is 1. The number of ether oxygens (including phenoxy) is 3. The number of hydrogen-bond acceptors (Lipinski definition) is 8. The number of alkyl halides is 3. The molecule has 0 spiro atoms. The summed E-state index contributed by atoms with van der Waals surface area (Å²) < 4.78 is 84.6. The van der Waals surface area contributed by atoms with E-state index in [1.807, 2.05) is 6.92 Å². The zero-order valence-electron chi connectivity index (χ0n) is 28.0. The number of rotatable bonds is 10. The van der Waals surface area contributed by atoms with Crippen molar-refractivity contribution in [3.05, 3.63) is 48.0 Å². The van der Waals surface area contributed by atoms with Crippen LogP contribution in [-0.4, -0.2) is 100 Å². The van der Waals surface area contributed by atoms with Crippen molar-refractivity contribution < 1.29 is 50.5 Å². The fourth-order valence-corrected chi connectivity index (χ4v) is 6.28. The molecule has 11 nitrogen and oxygen atoms in total. The summed E-state index contributed by atoms with van der Waals surface area (Å²) in [7, 11) is -1.16. The van der Waals surface area contributed by atoms with Crippen LogP contribution in [0, 0.1) is 5.92 Å². The third-order valence-corrected chi connectivity index (χ3v) is 9.57. The van der Waals surface area contributed by atoms with Crippen molar-refractivity contribution in [2.45, 2.75) is 82.2 Å². The van der Waals surface area contributed by atoms with Crippen LogP contribution in [0.25, 0.3) is 0 Å². The number of nitrogens with zero attached hydrogens (tertiary/aromatic N) is 2. The number of aliphatic hydroxyl groups excluding tert-OH is 1. The van der Waals surface area contributed by atoms with Crippen LogP contribution in [0.4, 0.5) is 18.9 Å². The first-order valence-electron chi connectivity index (χ1n) is 15.9. The molecule has 4 atom stereocenters. The maximum atomic E-state index is 14.3. The summed E-state index contributed by atoms with van der Waals surface area (Å²) in [6.07, 6.45) is -5.37. The van der Waals surface area contributed by atoms with Crippen molar-refractivity contribution in [1.29, 1.82) is 0 Å². The van der Waals surface area contributed by atoms with Gasteiger partial charge >= 0.3 is 6.18 Å². The minimum atomic E-state index is -4.46. The molecule has 2 aromatic carbocycles. The number of methoxy groups -OCH3 is 1. The minimum Gasteiger partial charge on any atom is -0.497 e. The van der Waals surface area contributed by atoms with Crippen LogP contribution in [0.2, 0.25) is 0 Å². The van der Waals surface area contributed by atoms with Crippen LogP contribution in [0.15, 0.2) is 47.4 Å². The molecule has 0 saturated heterocycles. The highest BCUT2D eigenvalue weighted by Crippen LogP contribution is 2.30. The van der Waals surface area contributed by atoms with E-state index in [1.54, 1.807) is 13.8 Å². The van der Waals surface area contributed by atoms with Gasteiger partial charge in [0.15, 0.2) is 0 Å². The molecule has 1 aliphatic rings.